The molecule has 0 bridgehead atoms. The number of hydrogen-bond donors (Lipinski definition) is 0. The quantitative estimate of drug-likeness (QED) is 0.165. The molecule has 0 aromatic heterocycles. The maximum atomic E-state index is 15.0. The Labute approximate surface area is 239 Å². The number of benzene rings is 2. The van der Waals surface area contributed by atoms with Gasteiger partial charge in [0.05, 0.1) is 28.1 Å². The van der Waals surface area contributed by atoms with E-state index in [1.807, 2.05) is 0 Å². The van der Waals surface area contributed by atoms with Crippen LogP contribution in [0.25, 0.3) is 5.83 Å². The zero-order valence-corrected chi connectivity index (χ0v) is 21.9. The first-order chi connectivity index (χ1) is 19.2. The summed E-state index contributed by atoms with van der Waals surface area (Å²) in [7, 11) is 0. The van der Waals surface area contributed by atoms with E-state index in [4.69, 9.17) is 23.2 Å². The number of ketones is 1. The Bertz CT molecular complexity index is 1420. The SMILES string of the molecule is O=Cc1cc(C(/C=C(\F)c2ccc(C(=O)C[C@@H]3CON(CC(F)(F)F)C3=O)c(C(F)(F)F)c2)C(F)(F)F)cc(Cl)c1Cl. The van der Waals surface area contributed by atoms with Crippen molar-refractivity contribution >= 4 is 47.0 Å². The van der Waals surface area contributed by atoms with E-state index in [2.05, 4.69) is 4.84 Å². The van der Waals surface area contributed by atoms with E-state index < -0.39 is 100 Å². The molecule has 1 aliphatic heterocycles. The second kappa shape index (κ2) is 12.2. The lowest BCUT2D eigenvalue weighted by Gasteiger charge is -2.19. The Balaban J connectivity index is 1.96. The summed E-state index contributed by atoms with van der Waals surface area (Å²) in [6.45, 7) is -2.54. The molecule has 228 valence electrons. The number of hydroxylamine groups is 2. The lowest BCUT2D eigenvalue weighted by Crippen LogP contribution is -2.35. The van der Waals surface area contributed by atoms with Crippen LogP contribution in [0.2, 0.25) is 10.0 Å². The average molecular weight is 654 g/mol. The number of hydrogen-bond acceptors (Lipinski definition) is 4. The van der Waals surface area contributed by atoms with Gasteiger partial charge in [0.25, 0.3) is 5.91 Å². The summed E-state index contributed by atoms with van der Waals surface area (Å²) in [5.74, 6) is -8.79. The number of Topliss-reactive ketones (excluding diaryl/α,β-unsaturated/α-hetero) is 1. The van der Waals surface area contributed by atoms with Crippen molar-refractivity contribution in [2.75, 3.05) is 13.2 Å². The van der Waals surface area contributed by atoms with E-state index in [1.54, 1.807) is 0 Å². The van der Waals surface area contributed by atoms with Crippen molar-refractivity contribution in [3.05, 3.63) is 74.3 Å². The van der Waals surface area contributed by atoms with Gasteiger partial charge >= 0.3 is 18.5 Å². The molecule has 17 heteroatoms. The zero-order chi connectivity index (χ0) is 31.8. The highest BCUT2D eigenvalue weighted by Crippen LogP contribution is 2.42. The van der Waals surface area contributed by atoms with Crippen LogP contribution >= 0.6 is 23.2 Å². The molecule has 1 aliphatic rings. The van der Waals surface area contributed by atoms with Crippen LogP contribution in [-0.4, -0.2) is 48.5 Å². The van der Waals surface area contributed by atoms with Crippen LogP contribution in [0.4, 0.5) is 43.9 Å². The molecule has 2 aromatic carbocycles. The van der Waals surface area contributed by atoms with E-state index in [0.29, 0.717) is 24.3 Å². The number of carbonyl (C=O) groups excluding carboxylic acids is 3. The minimum Gasteiger partial charge on any atom is -0.298 e. The Kier molecular flexibility index (Phi) is 9.69. The predicted molar refractivity (Wildman–Crippen MR) is 127 cm³/mol. The van der Waals surface area contributed by atoms with Crippen molar-refractivity contribution in [1.29, 1.82) is 0 Å². The molecule has 2 aromatic rings. The maximum absolute atomic E-state index is 15.0. The second-order valence-electron chi connectivity index (χ2n) is 8.93. The number of carbonyl (C=O) groups is 3. The molecular formula is C25H15Cl2F10NO4. The van der Waals surface area contributed by atoms with Crippen molar-refractivity contribution in [2.24, 2.45) is 5.92 Å². The van der Waals surface area contributed by atoms with Crippen LogP contribution in [0.3, 0.4) is 0 Å². The third kappa shape index (κ3) is 7.81. The molecule has 0 saturated carbocycles. The van der Waals surface area contributed by atoms with Crippen LogP contribution < -0.4 is 0 Å². The molecule has 0 N–H and O–H groups in total. The number of alkyl halides is 9. The van der Waals surface area contributed by atoms with Crippen molar-refractivity contribution < 1.29 is 63.1 Å². The van der Waals surface area contributed by atoms with Gasteiger partial charge in [0, 0.05) is 23.1 Å². The molecule has 2 atom stereocenters. The first-order valence-corrected chi connectivity index (χ1v) is 12.1. The van der Waals surface area contributed by atoms with Crippen LogP contribution in [0.1, 0.15) is 49.7 Å². The van der Waals surface area contributed by atoms with Gasteiger partial charge in [-0.1, -0.05) is 35.3 Å². The summed E-state index contributed by atoms with van der Waals surface area (Å²) < 4.78 is 136. The summed E-state index contributed by atoms with van der Waals surface area (Å²) in [4.78, 5) is 40.5. The van der Waals surface area contributed by atoms with Gasteiger partial charge in [-0.3, -0.25) is 19.2 Å². The smallest absolute Gasteiger partial charge is 0.298 e. The van der Waals surface area contributed by atoms with Gasteiger partial charge in [0.1, 0.15) is 18.3 Å². The van der Waals surface area contributed by atoms with Gasteiger partial charge in [-0.25, -0.2) is 9.45 Å². The Morgan fingerprint density at radius 3 is 2.24 bits per heavy atom. The predicted octanol–water partition coefficient (Wildman–Crippen LogP) is 8.01. The van der Waals surface area contributed by atoms with Crippen LogP contribution in [-0.2, 0) is 15.8 Å². The highest BCUT2D eigenvalue weighted by molar-refractivity contribution is 6.43. The third-order valence-electron chi connectivity index (χ3n) is 5.91. The van der Waals surface area contributed by atoms with Crippen LogP contribution in [0, 0.1) is 5.92 Å². The molecule has 42 heavy (non-hydrogen) atoms. The van der Waals surface area contributed by atoms with Crippen LogP contribution in [0.15, 0.2) is 36.4 Å². The lowest BCUT2D eigenvalue weighted by atomic mass is 9.92. The fraction of sp³-hybridized carbons (Fsp3) is 0.320. The topological polar surface area (TPSA) is 63.7 Å². The monoisotopic (exact) mass is 653 g/mol. The van der Waals surface area contributed by atoms with E-state index in [-0.39, 0.29) is 28.5 Å². The molecule has 0 spiro atoms. The maximum Gasteiger partial charge on any atom is 0.417 e. The summed E-state index contributed by atoms with van der Waals surface area (Å²) in [6, 6.07) is 2.49. The van der Waals surface area contributed by atoms with Gasteiger partial charge in [0.15, 0.2) is 12.1 Å². The summed E-state index contributed by atoms with van der Waals surface area (Å²) in [5, 5.41) is -0.932. The minimum atomic E-state index is -5.34. The van der Waals surface area contributed by atoms with E-state index in [0.717, 1.165) is 0 Å². The molecule has 1 fully saturated rings. The van der Waals surface area contributed by atoms with Gasteiger partial charge in [-0.05, 0) is 29.8 Å². The molecule has 0 aliphatic carbocycles. The largest absolute Gasteiger partial charge is 0.417 e. The number of aldehydes is 1. The lowest BCUT2D eigenvalue weighted by molar-refractivity contribution is -0.214. The molecule has 1 saturated heterocycles. The van der Waals surface area contributed by atoms with Gasteiger partial charge in [-0.2, -0.15) is 39.5 Å². The summed E-state index contributed by atoms with van der Waals surface area (Å²) >= 11 is 11.5. The molecule has 1 unspecified atom stereocenters. The van der Waals surface area contributed by atoms with Crippen molar-refractivity contribution in [2.45, 2.75) is 30.9 Å². The number of nitrogens with zero attached hydrogens (tertiary/aromatic N) is 1. The van der Waals surface area contributed by atoms with E-state index >= 15 is 4.39 Å². The molecule has 3 rings (SSSR count). The standard InChI is InChI=1S/C25H15Cl2F10NO4/c26-18-5-12(3-13(8-39)21(18)27)16(24(32,33)34)7-19(28)11-1-2-15(17(4-11)25(35,36)37)20(40)6-14-9-42-38(22(14)41)10-23(29,30)31/h1-5,7-8,14,16H,6,9-10H2/b19-7-/t14-,16?/m1/s1. The van der Waals surface area contributed by atoms with Crippen molar-refractivity contribution in [3.8, 4) is 0 Å². The molecule has 1 amide bonds. The fourth-order valence-electron chi connectivity index (χ4n) is 3.98. The third-order valence-corrected chi connectivity index (χ3v) is 6.73. The van der Waals surface area contributed by atoms with Gasteiger partial charge in [-0.15, -0.1) is 0 Å². The first-order valence-electron chi connectivity index (χ1n) is 11.4. The summed E-state index contributed by atoms with van der Waals surface area (Å²) in [5.41, 5.74) is -5.10. The second-order valence-corrected chi connectivity index (χ2v) is 9.71. The molecule has 5 nitrogen and oxygen atoms in total. The minimum absolute atomic E-state index is 0.0606. The first kappa shape index (κ1) is 33.3. The Morgan fingerprint density at radius 2 is 1.69 bits per heavy atom. The normalized spacial score (nSPS) is 17.5. The fourth-order valence-corrected chi connectivity index (χ4v) is 4.36. The molecule has 0 radical (unpaired) electrons. The molecular weight excluding hydrogens is 639 g/mol. The highest BCUT2D eigenvalue weighted by atomic mass is 35.5. The Hall–Kier alpha value is -3.17. The number of rotatable bonds is 8. The highest BCUT2D eigenvalue weighted by Gasteiger charge is 2.43. The van der Waals surface area contributed by atoms with Gasteiger partial charge < -0.3 is 0 Å². The number of halogens is 12. The summed E-state index contributed by atoms with van der Waals surface area (Å²) in [6.07, 6.45) is -16.4. The average Bonchev–Trinajstić information content (AvgIpc) is 3.19. The van der Waals surface area contributed by atoms with E-state index in [9.17, 15) is 53.9 Å². The van der Waals surface area contributed by atoms with Crippen molar-refractivity contribution in [3.63, 3.8) is 0 Å². The van der Waals surface area contributed by atoms with Crippen molar-refractivity contribution in [1.82, 2.24) is 5.06 Å². The Morgan fingerprint density at radius 1 is 1.05 bits per heavy atom. The van der Waals surface area contributed by atoms with E-state index in [1.165, 1.54) is 0 Å². The number of amides is 1. The van der Waals surface area contributed by atoms with Gasteiger partial charge in [0.2, 0.25) is 0 Å². The zero-order valence-electron chi connectivity index (χ0n) is 20.4. The van der Waals surface area contributed by atoms with Crippen LogP contribution in [0.5, 0.6) is 0 Å². The molecule has 1 heterocycles. The number of allylic oxidation sites excluding steroid dienone is 1.